The van der Waals surface area contributed by atoms with Crippen molar-refractivity contribution < 1.29 is 9.90 Å². The number of carboxylic acids is 1. The van der Waals surface area contributed by atoms with Crippen LogP contribution in [-0.4, -0.2) is 44.1 Å². The van der Waals surface area contributed by atoms with Gasteiger partial charge >= 0.3 is 5.97 Å². The second-order valence-electron chi connectivity index (χ2n) is 8.72. The SMILES string of the molecule is CC(C)(C)C1(C(=O)O)CCN(Cc2ccccc2-n2nnc3ccccc32)C1. The lowest BCUT2D eigenvalue weighted by atomic mass is 9.66. The fourth-order valence-corrected chi connectivity index (χ4v) is 4.27. The van der Waals surface area contributed by atoms with E-state index >= 15 is 0 Å². The van der Waals surface area contributed by atoms with Crippen molar-refractivity contribution in [2.75, 3.05) is 13.1 Å². The lowest BCUT2D eigenvalue weighted by Gasteiger charge is -2.38. The number of carboxylic acid groups (broad SMARTS) is 1. The Morgan fingerprint density at radius 2 is 1.86 bits per heavy atom. The maximum Gasteiger partial charge on any atom is 0.311 e. The second-order valence-corrected chi connectivity index (χ2v) is 8.72. The average Bonchev–Trinajstić information content (AvgIpc) is 3.27. The van der Waals surface area contributed by atoms with E-state index in [1.54, 1.807) is 0 Å². The first-order valence-corrected chi connectivity index (χ1v) is 9.66. The molecular weight excluding hydrogens is 352 g/mol. The largest absolute Gasteiger partial charge is 0.481 e. The third kappa shape index (κ3) is 2.98. The van der Waals surface area contributed by atoms with Gasteiger partial charge in [-0.2, -0.15) is 0 Å². The minimum Gasteiger partial charge on any atom is -0.481 e. The average molecular weight is 378 g/mol. The maximum absolute atomic E-state index is 12.1. The summed E-state index contributed by atoms with van der Waals surface area (Å²) in [4.78, 5) is 14.4. The van der Waals surface area contributed by atoms with Crippen molar-refractivity contribution >= 4 is 17.0 Å². The molecule has 1 N–H and O–H groups in total. The number of para-hydroxylation sites is 2. The first kappa shape index (κ1) is 18.6. The van der Waals surface area contributed by atoms with Crippen molar-refractivity contribution in [3.05, 3.63) is 54.1 Å². The Morgan fingerprint density at radius 1 is 1.14 bits per heavy atom. The van der Waals surface area contributed by atoms with Crippen molar-refractivity contribution in [3.63, 3.8) is 0 Å². The summed E-state index contributed by atoms with van der Waals surface area (Å²) in [5.41, 5.74) is 2.91. The molecule has 0 aliphatic carbocycles. The van der Waals surface area contributed by atoms with E-state index < -0.39 is 11.4 Å². The molecule has 4 rings (SSSR count). The van der Waals surface area contributed by atoms with E-state index in [2.05, 4.69) is 21.3 Å². The lowest BCUT2D eigenvalue weighted by Crippen LogP contribution is -2.45. The summed E-state index contributed by atoms with van der Waals surface area (Å²) in [6.45, 7) is 8.10. The third-order valence-corrected chi connectivity index (χ3v) is 6.16. The Bertz CT molecular complexity index is 1020. The first-order chi connectivity index (χ1) is 13.3. The van der Waals surface area contributed by atoms with Crippen LogP contribution < -0.4 is 0 Å². The van der Waals surface area contributed by atoms with Crippen molar-refractivity contribution in [3.8, 4) is 5.69 Å². The van der Waals surface area contributed by atoms with Crippen LogP contribution in [0.15, 0.2) is 48.5 Å². The van der Waals surface area contributed by atoms with E-state index in [0.717, 1.165) is 28.8 Å². The van der Waals surface area contributed by atoms with E-state index in [4.69, 9.17) is 0 Å². The van der Waals surface area contributed by atoms with Crippen molar-refractivity contribution in [1.29, 1.82) is 0 Å². The van der Waals surface area contributed by atoms with Crippen LogP contribution in [-0.2, 0) is 11.3 Å². The molecule has 1 fully saturated rings. The number of aliphatic carboxylic acids is 1. The van der Waals surface area contributed by atoms with Crippen molar-refractivity contribution in [2.24, 2.45) is 10.8 Å². The Morgan fingerprint density at radius 3 is 2.57 bits per heavy atom. The Labute approximate surface area is 164 Å². The molecule has 1 aromatic heterocycles. The van der Waals surface area contributed by atoms with E-state index in [0.29, 0.717) is 19.5 Å². The molecule has 6 nitrogen and oxygen atoms in total. The van der Waals surface area contributed by atoms with Crippen LogP contribution in [0.3, 0.4) is 0 Å². The van der Waals surface area contributed by atoms with Gasteiger partial charge in [0.25, 0.3) is 0 Å². The van der Waals surface area contributed by atoms with E-state index in [1.165, 1.54) is 0 Å². The van der Waals surface area contributed by atoms with E-state index in [1.807, 2.05) is 67.9 Å². The lowest BCUT2D eigenvalue weighted by molar-refractivity contribution is -0.155. The molecule has 0 spiro atoms. The van der Waals surface area contributed by atoms with Gasteiger partial charge in [0.1, 0.15) is 5.52 Å². The quantitative estimate of drug-likeness (QED) is 0.749. The molecule has 2 heterocycles. The molecule has 2 aromatic carbocycles. The topological polar surface area (TPSA) is 71.2 Å². The van der Waals surface area contributed by atoms with Gasteiger partial charge in [0.2, 0.25) is 0 Å². The van der Waals surface area contributed by atoms with Gasteiger partial charge in [0, 0.05) is 13.1 Å². The minimum absolute atomic E-state index is 0.296. The zero-order chi connectivity index (χ0) is 19.9. The highest BCUT2D eigenvalue weighted by molar-refractivity contribution is 5.77. The number of fused-ring (bicyclic) bond motifs is 1. The van der Waals surface area contributed by atoms with Gasteiger partial charge < -0.3 is 5.11 Å². The normalized spacial score (nSPS) is 20.7. The number of hydrogen-bond acceptors (Lipinski definition) is 4. The van der Waals surface area contributed by atoms with Gasteiger partial charge in [-0.05, 0) is 42.1 Å². The number of carbonyl (C=O) groups is 1. The monoisotopic (exact) mass is 378 g/mol. The summed E-state index contributed by atoms with van der Waals surface area (Å²) in [6, 6.07) is 16.0. The molecule has 0 saturated carbocycles. The third-order valence-electron chi connectivity index (χ3n) is 6.16. The maximum atomic E-state index is 12.1. The molecule has 28 heavy (non-hydrogen) atoms. The molecule has 1 unspecified atom stereocenters. The molecule has 3 aromatic rings. The van der Waals surface area contributed by atoms with Crippen LogP contribution in [0.25, 0.3) is 16.7 Å². The Hall–Kier alpha value is -2.73. The molecule has 0 radical (unpaired) electrons. The molecule has 6 heteroatoms. The van der Waals surface area contributed by atoms with Gasteiger partial charge in [-0.1, -0.05) is 56.3 Å². The van der Waals surface area contributed by atoms with Gasteiger partial charge in [-0.3, -0.25) is 9.69 Å². The van der Waals surface area contributed by atoms with Gasteiger partial charge in [-0.25, -0.2) is 4.68 Å². The van der Waals surface area contributed by atoms with Crippen LogP contribution in [0, 0.1) is 10.8 Å². The second kappa shape index (κ2) is 6.71. The highest BCUT2D eigenvalue weighted by atomic mass is 16.4. The predicted octanol–water partition coefficient (Wildman–Crippen LogP) is 3.74. The van der Waals surface area contributed by atoms with Crippen LogP contribution >= 0.6 is 0 Å². The summed E-state index contributed by atoms with van der Waals surface area (Å²) in [7, 11) is 0. The van der Waals surface area contributed by atoms with E-state index in [9.17, 15) is 9.90 Å². The van der Waals surface area contributed by atoms with Crippen LogP contribution in [0.1, 0.15) is 32.8 Å². The summed E-state index contributed by atoms with van der Waals surface area (Å²) in [5, 5.41) is 18.6. The molecule has 1 aliphatic heterocycles. The smallest absolute Gasteiger partial charge is 0.311 e. The van der Waals surface area contributed by atoms with E-state index in [-0.39, 0.29) is 5.41 Å². The van der Waals surface area contributed by atoms with Crippen molar-refractivity contribution in [2.45, 2.75) is 33.7 Å². The zero-order valence-electron chi connectivity index (χ0n) is 16.6. The van der Waals surface area contributed by atoms with Crippen LogP contribution in [0.4, 0.5) is 0 Å². The molecule has 146 valence electrons. The molecular formula is C22H26N4O2. The predicted molar refractivity (Wildman–Crippen MR) is 108 cm³/mol. The van der Waals surface area contributed by atoms with Crippen LogP contribution in [0.2, 0.25) is 0 Å². The molecule has 1 aliphatic rings. The standard InChI is InChI=1S/C22H26N4O2/c1-21(2,3)22(20(27)28)12-13-25(15-22)14-16-8-4-6-10-18(16)26-19-11-7-5-9-17(19)23-24-26/h4-11H,12-15H2,1-3H3,(H,27,28). The molecule has 1 atom stereocenters. The number of rotatable bonds is 4. The molecule has 0 bridgehead atoms. The summed E-state index contributed by atoms with van der Waals surface area (Å²) >= 11 is 0. The van der Waals surface area contributed by atoms with Crippen molar-refractivity contribution in [1.82, 2.24) is 19.9 Å². The highest BCUT2D eigenvalue weighted by Crippen LogP contribution is 2.46. The van der Waals surface area contributed by atoms with Gasteiger partial charge in [0.15, 0.2) is 0 Å². The zero-order valence-corrected chi connectivity index (χ0v) is 16.6. The van der Waals surface area contributed by atoms with Gasteiger partial charge in [0.05, 0.1) is 16.6 Å². The Balaban J connectivity index is 1.65. The van der Waals surface area contributed by atoms with Gasteiger partial charge in [-0.15, -0.1) is 5.10 Å². The highest BCUT2D eigenvalue weighted by Gasteiger charge is 2.52. The number of hydrogen-bond donors (Lipinski definition) is 1. The van der Waals surface area contributed by atoms with Crippen LogP contribution in [0.5, 0.6) is 0 Å². The number of aromatic nitrogens is 3. The Kier molecular flexibility index (Phi) is 4.46. The fraction of sp³-hybridized carbons (Fsp3) is 0.409. The number of benzene rings is 2. The first-order valence-electron chi connectivity index (χ1n) is 9.66. The number of likely N-dealkylation sites (tertiary alicyclic amines) is 1. The minimum atomic E-state index is -0.720. The number of nitrogens with zero attached hydrogens (tertiary/aromatic N) is 4. The summed E-state index contributed by atoms with van der Waals surface area (Å²) in [6.07, 6.45) is 0.667. The summed E-state index contributed by atoms with van der Waals surface area (Å²) < 4.78 is 1.87. The fourth-order valence-electron chi connectivity index (χ4n) is 4.27. The molecule has 0 amide bonds. The molecule has 1 saturated heterocycles. The summed E-state index contributed by atoms with van der Waals surface area (Å²) in [5.74, 6) is -0.696.